The number of fused-ring (bicyclic) bond motifs is 1. The van der Waals surface area contributed by atoms with Gasteiger partial charge < -0.3 is 9.64 Å². The lowest BCUT2D eigenvalue weighted by molar-refractivity contribution is -0.121. The Kier molecular flexibility index (Phi) is 4.37. The van der Waals surface area contributed by atoms with Crippen molar-refractivity contribution in [3.8, 4) is 5.75 Å². The van der Waals surface area contributed by atoms with Crippen molar-refractivity contribution in [2.45, 2.75) is 6.54 Å². The van der Waals surface area contributed by atoms with Crippen molar-refractivity contribution in [2.24, 2.45) is 0 Å². The fourth-order valence-corrected chi connectivity index (χ4v) is 2.52. The molecular weight excluding hydrogens is 339 g/mol. The van der Waals surface area contributed by atoms with Crippen molar-refractivity contribution in [1.82, 2.24) is 5.48 Å². The molecule has 0 spiro atoms. The summed E-state index contributed by atoms with van der Waals surface area (Å²) in [6, 6.07) is 8.67. The van der Waals surface area contributed by atoms with Crippen molar-refractivity contribution in [3.63, 3.8) is 0 Å². The van der Waals surface area contributed by atoms with E-state index < -0.39 is 11.7 Å². The van der Waals surface area contributed by atoms with Gasteiger partial charge >= 0.3 is 0 Å². The van der Waals surface area contributed by atoms with E-state index in [1.165, 1.54) is 40.7 Å². The van der Waals surface area contributed by atoms with Crippen LogP contribution in [0.3, 0.4) is 0 Å². The van der Waals surface area contributed by atoms with Crippen molar-refractivity contribution in [3.05, 3.63) is 58.4 Å². The monoisotopic (exact) mass is 350 g/mol. The van der Waals surface area contributed by atoms with E-state index in [1.54, 1.807) is 6.07 Å². The topological polar surface area (TPSA) is 78.9 Å². The third-order valence-corrected chi connectivity index (χ3v) is 3.90. The zero-order valence-electron chi connectivity index (χ0n) is 12.3. The molecule has 2 aromatic rings. The first-order valence-electron chi connectivity index (χ1n) is 6.95. The van der Waals surface area contributed by atoms with E-state index in [1.807, 2.05) is 0 Å². The minimum Gasteiger partial charge on any atom is -0.482 e. The third kappa shape index (κ3) is 3.04. The molecule has 0 aliphatic carbocycles. The maximum absolute atomic E-state index is 13.6. The zero-order chi connectivity index (χ0) is 17.3. The molecule has 6 nitrogen and oxygen atoms in total. The summed E-state index contributed by atoms with van der Waals surface area (Å²) in [4.78, 5) is 25.1. The first-order valence-corrected chi connectivity index (χ1v) is 7.33. The Hall–Kier alpha value is -2.64. The largest absolute Gasteiger partial charge is 0.482 e. The minimum absolute atomic E-state index is 0.00522. The van der Waals surface area contributed by atoms with E-state index in [2.05, 4.69) is 0 Å². The van der Waals surface area contributed by atoms with Gasteiger partial charge in [-0.2, -0.15) is 0 Å². The molecule has 0 saturated carbocycles. The van der Waals surface area contributed by atoms with Gasteiger partial charge in [0.1, 0.15) is 11.6 Å². The summed E-state index contributed by atoms with van der Waals surface area (Å²) in [5.74, 6) is -1.21. The van der Waals surface area contributed by atoms with Crippen LogP contribution >= 0.6 is 11.6 Å². The summed E-state index contributed by atoms with van der Waals surface area (Å²) in [7, 11) is 0. The number of nitrogens with one attached hydrogen (secondary N) is 1. The van der Waals surface area contributed by atoms with E-state index in [9.17, 15) is 14.0 Å². The fourth-order valence-electron chi connectivity index (χ4n) is 2.40. The van der Waals surface area contributed by atoms with Crippen LogP contribution in [-0.2, 0) is 11.3 Å². The smallest absolute Gasteiger partial charge is 0.274 e. The predicted octanol–water partition coefficient (Wildman–Crippen LogP) is 2.52. The predicted molar refractivity (Wildman–Crippen MR) is 83.8 cm³/mol. The Morgan fingerprint density at radius 3 is 2.83 bits per heavy atom. The Morgan fingerprint density at radius 2 is 2.12 bits per heavy atom. The molecule has 2 aromatic carbocycles. The van der Waals surface area contributed by atoms with Gasteiger partial charge in [-0.05, 0) is 35.9 Å². The molecule has 0 atom stereocenters. The maximum atomic E-state index is 13.6. The van der Waals surface area contributed by atoms with Crippen molar-refractivity contribution >= 4 is 29.1 Å². The number of anilines is 1. The van der Waals surface area contributed by atoms with Crippen LogP contribution in [0.15, 0.2) is 36.4 Å². The van der Waals surface area contributed by atoms with Gasteiger partial charge in [-0.25, -0.2) is 9.87 Å². The molecule has 124 valence electrons. The average Bonchev–Trinajstić information content (AvgIpc) is 2.59. The van der Waals surface area contributed by atoms with E-state index in [0.717, 1.165) is 0 Å². The summed E-state index contributed by atoms with van der Waals surface area (Å²) in [5, 5.41) is 8.73. The molecule has 8 heteroatoms. The van der Waals surface area contributed by atoms with Crippen molar-refractivity contribution in [1.29, 1.82) is 0 Å². The molecule has 0 unspecified atom stereocenters. The number of ether oxygens (including phenoxy) is 1. The molecule has 2 amide bonds. The van der Waals surface area contributed by atoms with Gasteiger partial charge in [0, 0.05) is 5.56 Å². The molecule has 1 aliphatic rings. The number of hydrogen-bond donors (Lipinski definition) is 2. The van der Waals surface area contributed by atoms with Crippen LogP contribution in [0.5, 0.6) is 5.75 Å². The van der Waals surface area contributed by atoms with Crippen molar-refractivity contribution < 1.29 is 23.9 Å². The van der Waals surface area contributed by atoms with Gasteiger partial charge in [0.25, 0.3) is 11.8 Å². The van der Waals surface area contributed by atoms with Gasteiger partial charge in [0.2, 0.25) is 0 Å². The summed E-state index contributed by atoms with van der Waals surface area (Å²) >= 11 is 5.66. The molecule has 3 rings (SSSR count). The van der Waals surface area contributed by atoms with Gasteiger partial charge in [-0.15, -0.1) is 0 Å². The Labute approximate surface area is 141 Å². The van der Waals surface area contributed by atoms with Crippen LogP contribution in [0.1, 0.15) is 15.9 Å². The first kappa shape index (κ1) is 16.2. The highest BCUT2D eigenvalue weighted by molar-refractivity contribution is 6.30. The number of nitrogens with zero attached hydrogens (tertiary/aromatic N) is 1. The Bertz CT molecular complexity index is 828. The normalized spacial score (nSPS) is 13.3. The van der Waals surface area contributed by atoms with Crippen LogP contribution in [0, 0.1) is 5.82 Å². The van der Waals surface area contributed by atoms with E-state index in [-0.39, 0.29) is 29.6 Å². The summed E-state index contributed by atoms with van der Waals surface area (Å²) in [6.07, 6.45) is 0. The highest BCUT2D eigenvalue weighted by atomic mass is 35.5. The molecule has 0 bridgehead atoms. The highest BCUT2D eigenvalue weighted by Gasteiger charge is 2.27. The Morgan fingerprint density at radius 1 is 1.33 bits per heavy atom. The molecule has 0 saturated heterocycles. The Balaban J connectivity index is 1.97. The lowest BCUT2D eigenvalue weighted by atomic mass is 10.1. The van der Waals surface area contributed by atoms with E-state index in [0.29, 0.717) is 17.0 Å². The molecule has 1 heterocycles. The molecule has 0 aromatic heterocycles. The number of halogens is 2. The second-order valence-corrected chi connectivity index (χ2v) is 5.55. The molecule has 0 radical (unpaired) electrons. The number of rotatable bonds is 3. The molecule has 0 fully saturated rings. The van der Waals surface area contributed by atoms with Gasteiger partial charge in [-0.3, -0.25) is 14.8 Å². The van der Waals surface area contributed by atoms with Crippen LogP contribution in [0.2, 0.25) is 5.02 Å². The second-order valence-electron chi connectivity index (χ2n) is 5.14. The third-order valence-electron chi connectivity index (χ3n) is 3.59. The lowest BCUT2D eigenvalue weighted by Crippen LogP contribution is -2.38. The van der Waals surface area contributed by atoms with Crippen LogP contribution in [0.25, 0.3) is 0 Å². The summed E-state index contributed by atoms with van der Waals surface area (Å²) in [5.41, 5.74) is 2.59. The summed E-state index contributed by atoms with van der Waals surface area (Å²) in [6.45, 7) is -0.0674. The minimum atomic E-state index is -0.715. The average molecular weight is 351 g/mol. The molecule has 1 aliphatic heterocycles. The lowest BCUT2D eigenvalue weighted by Gasteiger charge is -2.29. The number of carbonyl (C=O) groups excluding carboxylic acids is 2. The van der Waals surface area contributed by atoms with Crippen molar-refractivity contribution in [2.75, 3.05) is 11.5 Å². The zero-order valence-corrected chi connectivity index (χ0v) is 13.0. The number of carbonyl (C=O) groups is 2. The molecule has 24 heavy (non-hydrogen) atoms. The number of hydrogen-bond acceptors (Lipinski definition) is 4. The van der Waals surface area contributed by atoms with Crippen LogP contribution < -0.4 is 15.1 Å². The highest BCUT2D eigenvalue weighted by Crippen LogP contribution is 2.34. The standard InChI is InChI=1S/C16H12ClFN2O4/c17-11-3-1-9(5-12(11)18)7-20-13-6-10(16(22)19-23)2-4-14(13)24-8-15(20)21/h1-6,23H,7-8H2,(H,19,22). The molecule has 2 N–H and O–H groups in total. The maximum Gasteiger partial charge on any atom is 0.274 e. The number of amides is 2. The number of benzene rings is 2. The van der Waals surface area contributed by atoms with Crippen LogP contribution in [0.4, 0.5) is 10.1 Å². The number of hydroxylamine groups is 1. The molecular formula is C16H12ClFN2O4. The SMILES string of the molecule is O=C(NO)c1ccc2c(c1)N(Cc1ccc(Cl)c(F)c1)C(=O)CO2. The first-order chi connectivity index (χ1) is 11.5. The fraction of sp³-hybridized carbons (Fsp3) is 0.125. The summed E-state index contributed by atoms with van der Waals surface area (Å²) < 4.78 is 18.9. The van der Waals surface area contributed by atoms with Gasteiger partial charge in [0.15, 0.2) is 6.61 Å². The van der Waals surface area contributed by atoms with Crippen LogP contribution in [-0.4, -0.2) is 23.6 Å². The quantitative estimate of drug-likeness (QED) is 0.658. The van der Waals surface area contributed by atoms with Gasteiger partial charge in [0.05, 0.1) is 17.3 Å². The van der Waals surface area contributed by atoms with E-state index >= 15 is 0 Å². The van der Waals surface area contributed by atoms with E-state index in [4.69, 9.17) is 21.5 Å². The van der Waals surface area contributed by atoms with Gasteiger partial charge in [-0.1, -0.05) is 17.7 Å². The second kappa shape index (κ2) is 6.46.